The van der Waals surface area contributed by atoms with Crippen molar-refractivity contribution in [2.75, 3.05) is 0 Å². The molecule has 5 nitrogen and oxygen atoms in total. The van der Waals surface area contributed by atoms with Crippen molar-refractivity contribution in [3.8, 4) is 0 Å². The van der Waals surface area contributed by atoms with E-state index in [-0.39, 0.29) is 24.2 Å². The molecule has 1 radical (unpaired) electrons. The molecule has 1 aliphatic carbocycles. The highest BCUT2D eigenvalue weighted by Crippen LogP contribution is 2.30. The zero-order chi connectivity index (χ0) is 19.3. The minimum absolute atomic E-state index is 0.127. The minimum Gasteiger partial charge on any atom is -0.458 e. The van der Waals surface area contributed by atoms with Gasteiger partial charge in [0.05, 0.1) is 0 Å². The van der Waals surface area contributed by atoms with Crippen LogP contribution in [0.25, 0.3) is 0 Å². The molecule has 0 aliphatic heterocycles. The van der Waals surface area contributed by atoms with Gasteiger partial charge in [0, 0.05) is 12.5 Å². The number of nitrogens with two attached hydrogens (primary N) is 2. The maximum atomic E-state index is 13.0. The van der Waals surface area contributed by atoms with Crippen molar-refractivity contribution in [1.29, 1.82) is 0 Å². The average molecular weight is 354 g/mol. The van der Waals surface area contributed by atoms with Gasteiger partial charge in [-0.05, 0) is 51.9 Å². The number of ether oxygens (including phenoxy) is 1. The van der Waals surface area contributed by atoms with Crippen LogP contribution in [0.5, 0.6) is 0 Å². The molecule has 1 fully saturated rings. The van der Waals surface area contributed by atoms with Crippen LogP contribution in [0, 0.1) is 18.8 Å². The second-order valence-electron chi connectivity index (χ2n) is 8.60. The Morgan fingerprint density at radius 3 is 2.24 bits per heavy atom. The van der Waals surface area contributed by atoms with Crippen molar-refractivity contribution in [1.82, 2.24) is 0 Å². The van der Waals surface area contributed by atoms with E-state index in [2.05, 4.69) is 6.92 Å². The summed E-state index contributed by atoms with van der Waals surface area (Å²) in [4.78, 5) is 25.8. The lowest BCUT2D eigenvalue weighted by atomic mass is 9.75. The van der Waals surface area contributed by atoms with Crippen LogP contribution < -0.4 is 11.5 Å². The maximum Gasteiger partial charge on any atom is 0.334 e. The van der Waals surface area contributed by atoms with Gasteiger partial charge in [0.15, 0.2) is 11.3 Å². The first-order valence-electron chi connectivity index (χ1n) is 9.62. The van der Waals surface area contributed by atoms with Crippen LogP contribution in [0.1, 0.15) is 79.1 Å². The molecule has 0 saturated heterocycles. The van der Waals surface area contributed by atoms with E-state index in [1.807, 2.05) is 6.92 Å². The van der Waals surface area contributed by atoms with Crippen molar-refractivity contribution in [3.63, 3.8) is 0 Å². The lowest BCUT2D eigenvalue weighted by molar-refractivity contribution is -0.166. The molecule has 0 aromatic carbocycles. The largest absolute Gasteiger partial charge is 0.458 e. The van der Waals surface area contributed by atoms with Gasteiger partial charge in [-0.2, -0.15) is 0 Å². The van der Waals surface area contributed by atoms with Gasteiger partial charge in [-0.1, -0.05) is 39.5 Å². The summed E-state index contributed by atoms with van der Waals surface area (Å²) in [6.07, 6.45) is 6.96. The van der Waals surface area contributed by atoms with Gasteiger partial charge in [-0.25, -0.2) is 4.79 Å². The second kappa shape index (κ2) is 9.13. The first-order valence-corrected chi connectivity index (χ1v) is 9.62. The van der Waals surface area contributed by atoms with E-state index in [1.165, 1.54) is 6.42 Å². The summed E-state index contributed by atoms with van der Waals surface area (Å²) in [6, 6.07) is -0.245. The number of ketones is 1. The monoisotopic (exact) mass is 353 g/mol. The summed E-state index contributed by atoms with van der Waals surface area (Å²) in [5.41, 5.74) is 10.3. The standard InChI is InChI=1S/C20H37N2O3/c1-6-10-14(2)20(22,18(24)25-19(3,4)5)17(23)13-16(21)15-11-8-7-9-12-15/h14-16H,1,6-13,21-22H2,2-5H3. The number of esters is 1. The normalized spacial score (nSPS) is 21.2. The van der Waals surface area contributed by atoms with E-state index in [0.29, 0.717) is 18.8 Å². The topological polar surface area (TPSA) is 95.4 Å². The predicted octanol–water partition coefficient (Wildman–Crippen LogP) is 3.14. The lowest BCUT2D eigenvalue weighted by Gasteiger charge is -2.36. The number of carbonyl (C=O) groups excluding carboxylic acids is 2. The fourth-order valence-corrected chi connectivity index (χ4v) is 3.60. The zero-order valence-electron chi connectivity index (χ0n) is 16.5. The fraction of sp³-hybridized carbons (Fsp3) is 0.850. The first kappa shape index (κ1) is 22.1. The Balaban J connectivity index is 2.93. The highest BCUT2D eigenvalue weighted by molar-refractivity contribution is 6.08. The summed E-state index contributed by atoms with van der Waals surface area (Å²) in [5.74, 6) is -0.961. The van der Waals surface area contributed by atoms with Gasteiger partial charge >= 0.3 is 5.97 Å². The second-order valence-corrected chi connectivity index (χ2v) is 8.60. The van der Waals surface area contributed by atoms with Crippen molar-refractivity contribution in [3.05, 3.63) is 6.92 Å². The van der Waals surface area contributed by atoms with Crippen LogP contribution in [0.3, 0.4) is 0 Å². The molecule has 1 aliphatic rings. The highest BCUT2D eigenvalue weighted by Gasteiger charge is 2.49. The van der Waals surface area contributed by atoms with Gasteiger partial charge in [-0.3, -0.25) is 4.79 Å². The van der Waals surface area contributed by atoms with Gasteiger partial charge in [0.2, 0.25) is 0 Å². The average Bonchev–Trinajstić information content (AvgIpc) is 2.53. The summed E-state index contributed by atoms with van der Waals surface area (Å²) in [7, 11) is 0. The Morgan fingerprint density at radius 1 is 1.20 bits per heavy atom. The van der Waals surface area contributed by atoms with Crippen LogP contribution in [0.15, 0.2) is 0 Å². The molecule has 3 atom stereocenters. The van der Waals surface area contributed by atoms with E-state index >= 15 is 0 Å². The molecule has 0 spiro atoms. The minimum atomic E-state index is -1.66. The Kier molecular flexibility index (Phi) is 8.07. The molecule has 0 heterocycles. The maximum absolute atomic E-state index is 13.0. The molecule has 0 aromatic rings. The summed E-state index contributed by atoms with van der Waals surface area (Å²) in [6.45, 7) is 11.0. The SMILES string of the molecule is [CH2]CCC(C)C(N)(C(=O)CC(N)C1CCCCC1)C(=O)OC(C)(C)C. The lowest BCUT2D eigenvalue weighted by Crippen LogP contribution is -2.62. The molecule has 1 saturated carbocycles. The van der Waals surface area contributed by atoms with E-state index in [9.17, 15) is 9.59 Å². The summed E-state index contributed by atoms with van der Waals surface area (Å²) >= 11 is 0. The smallest absolute Gasteiger partial charge is 0.334 e. The molecule has 1 rings (SSSR count). The van der Waals surface area contributed by atoms with E-state index in [4.69, 9.17) is 16.2 Å². The van der Waals surface area contributed by atoms with E-state index < -0.39 is 17.1 Å². The van der Waals surface area contributed by atoms with Crippen LogP contribution in [-0.4, -0.2) is 28.9 Å². The van der Waals surface area contributed by atoms with E-state index in [0.717, 1.165) is 25.7 Å². The molecule has 0 bridgehead atoms. The third-order valence-corrected chi connectivity index (χ3v) is 5.29. The molecule has 3 unspecified atom stereocenters. The number of hydrogen-bond acceptors (Lipinski definition) is 5. The third kappa shape index (κ3) is 6.07. The van der Waals surface area contributed by atoms with Crippen molar-refractivity contribution in [2.45, 2.75) is 96.2 Å². The molecule has 4 N–H and O–H groups in total. The Labute approximate surface area is 153 Å². The number of carbonyl (C=O) groups is 2. The van der Waals surface area contributed by atoms with Gasteiger partial charge < -0.3 is 16.2 Å². The molecule has 0 aromatic heterocycles. The zero-order valence-corrected chi connectivity index (χ0v) is 16.5. The van der Waals surface area contributed by atoms with Gasteiger partial charge in [0.1, 0.15) is 5.60 Å². The number of Topliss-reactive ketones (excluding diaryl/α,β-unsaturated/α-hetero) is 1. The first-order chi connectivity index (χ1) is 11.5. The molecule has 0 amide bonds. The highest BCUT2D eigenvalue weighted by atomic mass is 16.6. The van der Waals surface area contributed by atoms with Crippen LogP contribution in [0.4, 0.5) is 0 Å². The van der Waals surface area contributed by atoms with Crippen LogP contribution >= 0.6 is 0 Å². The molecular formula is C20H37N2O3. The quantitative estimate of drug-likeness (QED) is 0.516. The molecule has 145 valence electrons. The summed E-state index contributed by atoms with van der Waals surface area (Å²) in [5, 5.41) is 0. The van der Waals surface area contributed by atoms with Crippen LogP contribution in [0.2, 0.25) is 0 Å². The van der Waals surface area contributed by atoms with Gasteiger partial charge in [-0.15, -0.1) is 0 Å². The third-order valence-electron chi connectivity index (χ3n) is 5.29. The Hall–Kier alpha value is -0.940. The number of hydrogen-bond donors (Lipinski definition) is 2. The van der Waals surface area contributed by atoms with E-state index in [1.54, 1.807) is 20.8 Å². The van der Waals surface area contributed by atoms with Gasteiger partial charge in [0.25, 0.3) is 0 Å². The van der Waals surface area contributed by atoms with Crippen molar-refractivity contribution in [2.24, 2.45) is 23.3 Å². The van der Waals surface area contributed by atoms with Crippen molar-refractivity contribution < 1.29 is 14.3 Å². The summed E-state index contributed by atoms with van der Waals surface area (Å²) < 4.78 is 5.47. The van der Waals surface area contributed by atoms with Crippen LogP contribution in [-0.2, 0) is 14.3 Å². The fourth-order valence-electron chi connectivity index (χ4n) is 3.60. The Morgan fingerprint density at radius 2 is 1.76 bits per heavy atom. The van der Waals surface area contributed by atoms with Crippen molar-refractivity contribution >= 4 is 11.8 Å². The molecule has 5 heteroatoms. The molecular weight excluding hydrogens is 316 g/mol. The number of rotatable bonds is 8. The predicted molar refractivity (Wildman–Crippen MR) is 101 cm³/mol. The Bertz CT molecular complexity index is 452. The molecule has 25 heavy (non-hydrogen) atoms.